The number of nitrogens with one attached hydrogen (secondary N) is 1. The topological polar surface area (TPSA) is 136 Å². The van der Waals surface area contributed by atoms with E-state index in [1.807, 2.05) is 30.3 Å². The van der Waals surface area contributed by atoms with Crippen LogP contribution >= 0.6 is 0 Å². The highest BCUT2D eigenvalue weighted by molar-refractivity contribution is 6.40. The normalized spacial score (nSPS) is 22.9. The summed E-state index contributed by atoms with van der Waals surface area (Å²) in [5.41, 5.74) is 5.77. The first kappa shape index (κ1) is 22.4. The lowest BCUT2D eigenvalue weighted by Crippen LogP contribution is -2.55. The number of aliphatic carboxylic acids is 1. The Morgan fingerprint density at radius 3 is 2.61 bits per heavy atom. The average molecular weight is 391 g/mol. The summed E-state index contributed by atoms with van der Waals surface area (Å²) < 4.78 is 0. The van der Waals surface area contributed by atoms with E-state index in [-0.39, 0.29) is 25.3 Å². The van der Waals surface area contributed by atoms with Gasteiger partial charge in [0.05, 0.1) is 6.04 Å². The predicted octanol–water partition coefficient (Wildman–Crippen LogP) is -0.299. The Morgan fingerprint density at radius 2 is 2.04 bits per heavy atom. The molecule has 8 nitrogen and oxygen atoms in total. The second-order valence-electron chi connectivity index (χ2n) is 7.54. The molecule has 1 amide bonds. The van der Waals surface area contributed by atoms with Gasteiger partial charge in [-0.3, -0.25) is 9.59 Å². The molecule has 3 atom stereocenters. The molecule has 0 saturated carbocycles. The third kappa shape index (κ3) is 5.54. The van der Waals surface area contributed by atoms with Gasteiger partial charge in [-0.05, 0) is 38.2 Å². The zero-order valence-electron chi connectivity index (χ0n) is 16.3. The van der Waals surface area contributed by atoms with Crippen LogP contribution in [-0.2, 0) is 16.0 Å². The Bertz CT molecular complexity index is 660. The SMILES string of the molecule is CN[C@@H](CCc1ccccc1)C(=O)N1C[C@H](CCCB(O)O)[C@](N)(C(=O)O)C1. The van der Waals surface area contributed by atoms with Crippen LogP contribution in [0.3, 0.4) is 0 Å². The van der Waals surface area contributed by atoms with Crippen molar-refractivity contribution in [1.82, 2.24) is 10.2 Å². The molecule has 28 heavy (non-hydrogen) atoms. The Balaban J connectivity index is 2.01. The Kier molecular flexibility index (Phi) is 8.00. The minimum absolute atomic E-state index is 0.0446. The number of rotatable bonds is 10. The summed E-state index contributed by atoms with van der Waals surface area (Å²) in [5.74, 6) is -1.72. The number of hydrogen-bond acceptors (Lipinski definition) is 6. The molecule has 0 bridgehead atoms. The fraction of sp³-hybridized carbons (Fsp3) is 0.579. The van der Waals surface area contributed by atoms with Gasteiger partial charge in [0.2, 0.25) is 5.91 Å². The van der Waals surface area contributed by atoms with Crippen molar-refractivity contribution in [2.24, 2.45) is 11.7 Å². The van der Waals surface area contributed by atoms with Gasteiger partial charge in [-0.15, -0.1) is 0 Å². The predicted molar refractivity (Wildman–Crippen MR) is 106 cm³/mol. The molecule has 1 aliphatic rings. The first-order valence-electron chi connectivity index (χ1n) is 9.66. The largest absolute Gasteiger partial charge is 0.480 e. The van der Waals surface area contributed by atoms with Crippen LogP contribution in [0.5, 0.6) is 0 Å². The highest BCUT2D eigenvalue weighted by atomic mass is 16.4. The van der Waals surface area contributed by atoms with Crippen molar-refractivity contribution < 1.29 is 24.7 Å². The quantitative estimate of drug-likeness (QED) is 0.346. The van der Waals surface area contributed by atoms with E-state index in [0.29, 0.717) is 19.3 Å². The molecule has 1 fully saturated rings. The summed E-state index contributed by atoms with van der Waals surface area (Å²) in [7, 11) is 0.291. The van der Waals surface area contributed by atoms with Crippen LogP contribution < -0.4 is 11.1 Å². The van der Waals surface area contributed by atoms with Gasteiger partial charge >= 0.3 is 13.1 Å². The third-order valence-corrected chi connectivity index (χ3v) is 5.56. The van der Waals surface area contributed by atoms with Gasteiger partial charge in [0.15, 0.2) is 0 Å². The van der Waals surface area contributed by atoms with Crippen LogP contribution in [0.1, 0.15) is 24.8 Å². The van der Waals surface area contributed by atoms with Crippen LogP contribution in [-0.4, -0.2) is 70.8 Å². The number of carboxylic acids is 1. The van der Waals surface area contributed by atoms with E-state index in [4.69, 9.17) is 15.8 Å². The van der Waals surface area contributed by atoms with Gasteiger partial charge in [-0.25, -0.2) is 0 Å². The molecule has 1 aromatic carbocycles. The molecule has 1 aromatic rings. The van der Waals surface area contributed by atoms with Crippen molar-refractivity contribution in [2.45, 2.75) is 43.6 Å². The lowest BCUT2D eigenvalue weighted by Gasteiger charge is -2.26. The van der Waals surface area contributed by atoms with Crippen molar-refractivity contribution in [3.8, 4) is 0 Å². The van der Waals surface area contributed by atoms with E-state index < -0.39 is 30.6 Å². The van der Waals surface area contributed by atoms with E-state index in [2.05, 4.69) is 5.32 Å². The number of nitrogens with zero attached hydrogens (tertiary/aromatic N) is 1. The standard InChI is InChI=1S/C19H30BN3O5/c1-22-16(10-9-14-6-3-2-4-7-14)17(24)23-12-15(8-5-11-20(27)28)19(21,13-23)18(25)26/h2-4,6-7,15-16,22,27-28H,5,8-13,21H2,1H3,(H,25,26)/t15-,16-,19-/m0/s1. The van der Waals surface area contributed by atoms with E-state index in [0.717, 1.165) is 12.0 Å². The molecule has 2 rings (SSSR count). The summed E-state index contributed by atoms with van der Waals surface area (Å²) in [6.07, 6.45) is 2.33. The van der Waals surface area contributed by atoms with Crippen molar-refractivity contribution in [3.63, 3.8) is 0 Å². The minimum Gasteiger partial charge on any atom is -0.480 e. The number of nitrogens with two attached hydrogens (primary N) is 1. The fourth-order valence-corrected chi connectivity index (χ4v) is 3.81. The van der Waals surface area contributed by atoms with Crippen molar-refractivity contribution >= 4 is 19.0 Å². The number of amides is 1. The van der Waals surface area contributed by atoms with Crippen molar-refractivity contribution in [3.05, 3.63) is 35.9 Å². The second-order valence-corrected chi connectivity index (χ2v) is 7.54. The van der Waals surface area contributed by atoms with Crippen LogP contribution in [0, 0.1) is 5.92 Å². The molecular formula is C19H30BN3O5. The van der Waals surface area contributed by atoms with E-state index in [1.165, 1.54) is 4.90 Å². The van der Waals surface area contributed by atoms with Gasteiger partial charge in [0.25, 0.3) is 0 Å². The van der Waals surface area contributed by atoms with Gasteiger partial charge in [0.1, 0.15) is 5.54 Å². The monoisotopic (exact) mass is 391 g/mol. The molecule has 0 aromatic heterocycles. The van der Waals surface area contributed by atoms with Crippen LogP contribution in [0.4, 0.5) is 0 Å². The second kappa shape index (κ2) is 10.0. The molecule has 1 aliphatic heterocycles. The van der Waals surface area contributed by atoms with Gasteiger partial charge < -0.3 is 31.1 Å². The Labute approximate surface area is 165 Å². The minimum atomic E-state index is -1.52. The molecule has 6 N–H and O–H groups in total. The number of aryl methyl sites for hydroxylation is 1. The summed E-state index contributed by atoms with van der Waals surface area (Å²) in [5, 5.41) is 30.7. The average Bonchev–Trinajstić information content (AvgIpc) is 3.01. The van der Waals surface area contributed by atoms with E-state index in [9.17, 15) is 14.7 Å². The van der Waals surface area contributed by atoms with E-state index in [1.54, 1.807) is 7.05 Å². The molecule has 0 spiro atoms. The molecule has 0 aliphatic carbocycles. The number of likely N-dealkylation sites (N-methyl/N-ethyl adjacent to an activating group) is 1. The number of carboxylic acid groups (broad SMARTS) is 1. The highest BCUT2D eigenvalue weighted by Crippen LogP contribution is 2.31. The summed E-state index contributed by atoms with van der Waals surface area (Å²) in [4.78, 5) is 26.3. The summed E-state index contributed by atoms with van der Waals surface area (Å²) in [6, 6.07) is 9.45. The number of carbonyl (C=O) groups is 2. The lowest BCUT2D eigenvalue weighted by molar-refractivity contribution is -0.144. The van der Waals surface area contributed by atoms with Gasteiger partial charge in [-0.1, -0.05) is 36.8 Å². The Hall–Kier alpha value is -1.94. The lowest BCUT2D eigenvalue weighted by atomic mass is 9.78. The van der Waals surface area contributed by atoms with Gasteiger partial charge in [0, 0.05) is 19.0 Å². The molecule has 0 unspecified atom stereocenters. The number of likely N-dealkylation sites (tertiary alicyclic amines) is 1. The van der Waals surface area contributed by atoms with E-state index >= 15 is 0 Å². The summed E-state index contributed by atoms with van der Waals surface area (Å²) in [6.45, 7) is 0.212. The zero-order chi connectivity index (χ0) is 20.7. The molecule has 1 heterocycles. The molecule has 1 saturated heterocycles. The maximum absolute atomic E-state index is 13.0. The van der Waals surface area contributed by atoms with Crippen LogP contribution in [0.25, 0.3) is 0 Å². The Morgan fingerprint density at radius 1 is 1.36 bits per heavy atom. The number of carbonyl (C=O) groups excluding carboxylic acids is 1. The first-order chi connectivity index (χ1) is 13.3. The fourth-order valence-electron chi connectivity index (χ4n) is 3.81. The smallest absolute Gasteiger partial charge is 0.451 e. The first-order valence-corrected chi connectivity index (χ1v) is 9.66. The maximum atomic E-state index is 13.0. The number of benzene rings is 1. The molecule has 0 radical (unpaired) electrons. The molecule has 154 valence electrons. The zero-order valence-corrected chi connectivity index (χ0v) is 16.3. The highest BCUT2D eigenvalue weighted by Gasteiger charge is 2.51. The maximum Gasteiger partial charge on any atom is 0.451 e. The third-order valence-electron chi connectivity index (χ3n) is 5.56. The summed E-state index contributed by atoms with van der Waals surface area (Å²) >= 11 is 0. The molecule has 9 heteroatoms. The van der Waals surface area contributed by atoms with Crippen LogP contribution in [0.2, 0.25) is 6.32 Å². The molecular weight excluding hydrogens is 361 g/mol. The van der Waals surface area contributed by atoms with Crippen molar-refractivity contribution in [2.75, 3.05) is 20.1 Å². The van der Waals surface area contributed by atoms with Gasteiger partial charge in [-0.2, -0.15) is 0 Å². The van der Waals surface area contributed by atoms with Crippen molar-refractivity contribution in [1.29, 1.82) is 0 Å². The number of hydrogen-bond donors (Lipinski definition) is 5. The van der Waals surface area contributed by atoms with Crippen LogP contribution in [0.15, 0.2) is 30.3 Å².